The van der Waals surface area contributed by atoms with E-state index in [-0.39, 0.29) is 17.1 Å². The topological polar surface area (TPSA) is 63.3 Å². The summed E-state index contributed by atoms with van der Waals surface area (Å²) in [6, 6.07) is 6.16. The highest BCUT2D eigenvalue weighted by molar-refractivity contribution is 6.31. The number of phenolic OH excluding ortho intramolecular Hbond substituents is 1. The Balaban J connectivity index is 2.66. The quantitative estimate of drug-likeness (QED) is 0.653. The molecule has 20 heavy (non-hydrogen) atoms. The molecule has 0 atom stereocenters. The third-order valence-corrected chi connectivity index (χ3v) is 3.86. The van der Waals surface area contributed by atoms with Crippen molar-refractivity contribution in [1.29, 1.82) is 0 Å². The molecule has 0 saturated carbocycles. The van der Waals surface area contributed by atoms with Gasteiger partial charge in [-0.3, -0.25) is 4.79 Å². The summed E-state index contributed by atoms with van der Waals surface area (Å²) in [5.74, 6) is -0.417. The van der Waals surface area contributed by atoms with Crippen LogP contribution in [0.2, 0.25) is 5.02 Å². The van der Waals surface area contributed by atoms with Gasteiger partial charge in [0.2, 0.25) is 0 Å². The van der Waals surface area contributed by atoms with Crippen molar-refractivity contribution in [1.82, 2.24) is 0 Å². The highest BCUT2D eigenvalue weighted by atomic mass is 35.5. The molecule has 0 bridgehead atoms. The molecule has 4 heteroatoms. The zero-order valence-corrected chi connectivity index (χ0v) is 12.4. The number of phenols is 1. The van der Waals surface area contributed by atoms with Gasteiger partial charge >= 0.3 is 0 Å². The molecule has 104 valence electrons. The molecule has 0 aromatic heterocycles. The minimum absolute atomic E-state index is 0.101. The van der Waals surface area contributed by atoms with Gasteiger partial charge in [-0.05, 0) is 61.7 Å². The second kappa shape index (κ2) is 5.17. The van der Waals surface area contributed by atoms with Gasteiger partial charge in [-0.1, -0.05) is 11.6 Å². The zero-order chi connectivity index (χ0) is 15.0. The Bertz CT molecular complexity index is 708. The molecule has 0 heterocycles. The van der Waals surface area contributed by atoms with E-state index in [0.717, 1.165) is 16.7 Å². The molecule has 2 rings (SSSR count). The Labute approximate surface area is 123 Å². The first-order valence-electron chi connectivity index (χ1n) is 6.22. The summed E-state index contributed by atoms with van der Waals surface area (Å²) in [6.07, 6.45) is 0. The van der Waals surface area contributed by atoms with E-state index >= 15 is 0 Å². The predicted octanol–water partition coefficient (Wildman–Crippen LogP) is 3.78. The molecule has 2 aromatic carbocycles. The van der Waals surface area contributed by atoms with Crippen LogP contribution >= 0.6 is 11.6 Å². The van der Waals surface area contributed by atoms with Crippen molar-refractivity contribution in [2.45, 2.75) is 20.8 Å². The number of rotatable bonds is 2. The Kier molecular flexibility index (Phi) is 3.73. The number of aromatic hydroxyl groups is 1. The molecular weight excluding hydrogens is 274 g/mol. The van der Waals surface area contributed by atoms with Crippen LogP contribution in [-0.2, 0) is 0 Å². The Morgan fingerprint density at radius 3 is 2.45 bits per heavy atom. The molecule has 0 aliphatic heterocycles. The van der Waals surface area contributed by atoms with Crippen LogP contribution in [0, 0.1) is 20.8 Å². The third kappa shape index (κ3) is 2.37. The van der Waals surface area contributed by atoms with Gasteiger partial charge in [-0.2, -0.15) is 0 Å². The average molecular weight is 290 g/mol. The van der Waals surface area contributed by atoms with E-state index in [4.69, 9.17) is 17.3 Å². The van der Waals surface area contributed by atoms with Crippen molar-refractivity contribution < 1.29 is 9.90 Å². The highest BCUT2D eigenvalue weighted by Crippen LogP contribution is 2.30. The SMILES string of the molecule is Cc1cc(N)c(C(=O)c2cc(Cl)ccc2O)c(C)c1C. The number of nitrogens with two attached hydrogens (primary N) is 1. The number of nitrogen functional groups attached to an aromatic ring is 1. The maximum atomic E-state index is 12.6. The van der Waals surface area contributed by atoms with E-state index in [2.05, 4.69) is 0 Å². The van der Waals surface area contributed by atoms with E-state index in [1.165, 1.54) is 18.2 Å². The van der Waals surface area contributed by atoms with Crippen molar-refractivity contribution in [3.05, 3.63) is 57.1 Å². The summed E-state index contributed by atoms with van der Waals surface area (Å²) in [5, 5.41) is 10.2. The van der Waals surface area contributed by atoms with Crippen molar-refractivity contribution in [3.8, 4) is 5.75 Å². The predicted molar refractivity (Wildman–Crippen MR) is 81.6 cm³/mol. The number of hydrogen-bond acceptors (Lipinski definition) is 3. The van der Waals surface area contributed by atoms with E-state index in [9.17, 15) is 9.90 Å². The molecule has 0 radical (unpaired) electrons. The average Bonchev–Trinajstić information content (AvgIpc) is 2.39. The van der Waals surface area contributed by atoms with Crippen molar-refractivity contribution in [2.24, 2.45) is 0 Å². The largest absolute Gasteiger partial charge is 0.507 e. The number of anilines is 1. The molecule has 0 aliphatic carbocycles. The molecule has 0 spiro atoms. The smallest absolute Gasteiger partial charge is 0.199 e. The lowest BCUT2D eigenvalue weighted by atomic mass is 9.91. The minimum atomic E-state index is -0.317. The first-order valence-corrected chi connectivity index (χ1v) is 6.60. The van der Waals surface area contributed by atoms with Crippen LogP contribution in [0.5, 0.6) is 5.75 Å². The minimum Gasteiger partial charge on any atom is -0.507 e. The maximum Gasteiger partial charge on any atom is 0.199 e. The zero-order valence-electron chi connectivity index (χ0n) is 11.6. The van der Waals surface area contributed by atoms with Gasteiger partial charge in [0.15, 0.2) is 5.78 Å². The van der Waals surface area contributed by atoms with Crippen LogP contribution in [0.3, 0.4) is 0 Å². The number of benzene rings is 2. The van der Waals surface area contributed by atoms with Gasteiger partial charge in [-0.15, -0.1) is 0 Å². The van der Waals surface area contributed by atoms with Crippen molar-refractivity contribution in [2.75, 3.05) is 5.73 Å². The summed E-state index contributed by atoms with van der Waals surface area (Å²) in [4.78, 5) is 12.6. The van der Waals surface area contributed by atoms with E-state index < -0.39 is 0 Å². The van der Waals surface area contributed by atoms with Crippen LogP contribution in [0.25, 0.3) is 0 Å². The first kappa shape index (κ1) is 14.4. The molecule has 2 aromatic rings. The van der Waals surface area contributed by atoms with Gasteiger partial charge in [-0.25, -0.2) is 0 Å². The summed E-state index contributed by atoms with van der Waals surface area (Å²) >= 11 is 5.89. The normalized spacial score (nSPS) is 10.6. The van der Waals surface area contributed by atoms with Gasteiger partial charge < -0.3 is 10.8 Å². The number of carbonyl (C=O) groups is 1. The molecule has 0 unspecified atom stereocenters. The fourth-order valence-corrected chi connectivity index (χ4v) is 2.41. The maximum absolute atomic E-state index is 12.6. The number of carbonyl (C=O) groups excluding carboxylic acids is 1. The lowest BCUT2D eigenvalue weighted by Gasteiger charge is -2.14. The second-order valence-corrected chi connectivity index (χ2v) is 5.33. The first-order chi connectivity index (χ1) is 9.32. The molecule has 3 nitrogen and oxygen atoms in total. The lowest BCUT2D eigenvalue weighted by molar-refractivity contribution is 0.103. The fraction of sp³-hybridized carbons (Fsp3) is 0.188. The highest BCUT2D eigenvalue weighted by Gasteiger charge is 2.20. The van der Waals surface area contributed by atoms with E-state index in [1.54, 1.807) is 6.07 Å². The molecule has 0 saturated heterocycles. The summed E-state index contributed by atoms with van der Waals surface area (Å²) in [7, 11) is 0. The summed E-state index contributed by atoms with van der Waals surface area (Å²) < 4.78 is 0. The van der Waals surface area contributed by atoms with Gasteiger partial charge in [0.05, 0.1) is 5.56 Å². The molecule has 0 fully saturated rings. The van der Waals surface area contributed by atoms with E-state index in [0.29, 0.717) is 16.3 Å². The molecule has 0 amide bonds. The fourth-order valence-electron chi connectivity index (χ4n) is 2.24. The van der Waals surface area contributed by atoms with Crippen molar-refractivity contribution >= 4 is 23.1 Å². The van der Waals surface area contributed by atoms with Crippen LogP contribution in [-0.4, -0.2) is 10.9 Å². The summed E-state index contributed by atoms with van der Waals surface area (Å²) in [5.41, 5.74) is 9.86. The number of ketones is 1. The Hall–Kier alpha value is -2.00. The molecule has 3 N–H and O–H groups in total. The van der Waals surface area contributed by atoms with Gasteiger partial charge in [0.1, 0.15) is 5.75 Å². The van der Waals surface area contributed by atoms with Crippen LogP contribution in [0.4, 0.5) is 5.69 Å². The van der Waals surface area contributed by atoms with Gasteiger partial charge in [0, 0.05) is 16.3 Å². The third-order valence-electron chi connectivity index (χ3n) is 3.62. The Morgan fingerprint density at radius 1 is 1.15 bits per heavy atom. The lowest BCUT2D eigenvalue weighted by Crippen LogP contribution is -2.10. The van der Waals surface area contributed by atoms with Crippen LogP contribution < -0.4 is 5.73 Å². The van der Waals surface area contributed by atoms with Gasteiger partial charge in [0.25, 0.3) is 0 Å². The number of halogens is 1. The van der Waals surface area contributed by atoms with Crippen LogP contribution in [0.1, 0.15) is 32.6 Å². The van der Waals surface area contributed by atoms with Crippen LogP contribution in [0.15, 0.2) is 24.3 Å². The number of aryl methyl sites for hydroxylation is 1. The monoisotopic (exact) mass is 289 g/mol. The second-order valence-electron chi connectivity index (χ2n) is 4.90. The van der Waals surface area contributed by atoms with E-state index in [1.807, 2.05) is 20.8 Å². The van der Waals surface area contributed by atoms with Crippen molar-refractivity contribution in [3.63, 3.8) is 0 Å². The standard InChI is InChI=1S/C16H16ClNO2/c1-8-6-13(18)15(10(3)9(8)2)16(20)12-7-11(17)4-5-14(12)19/h4-7,19H,18H2,1-3H3. The molecular formula is C16H16ClNO2. The number of hydrogen-bond donors (Lipinski definition) is 2. The summed E-state index contributed by atoms with van der Waals surface area (Å²) in [6.45, 7) is 5.75. The Morgan fingerprint density at radius 2 is 1.80 bits per heavy atom. The molecule has 0 aliphatic rings.